The van der Waals surface area contributed by atoms with Gasteiger partial charge in [0.2, 0.25) is 0 Å². The summed E-state index contributed by atoms with van der Waals surface area (Å²) >= 11 is 0. The predicted molar refractivity (Wildman–Crippen MR) is 36.7 cm³/mol. The van der Waals surface area contributed by atoms with Crippen LogP contribution >= 0.6 is 0 Å². The summed E-state index contributed by atoms with van der Waals surface area (Å²) in [5.74, 6) is 4.80. The quantitative estimate of drug-likeness (QED) is 0.357. The lowest BCUT2D eigenvalue weighted by molar-refractivity contribution is 0.159. The van der Waals surface area contributed by atoms with Crippen LogP contribution in [0.5, 0.6) is 0 Å². The van der Waals surface area contributed by atoms with Crippen LogP contribution in [0.3, 0.4) is 0 Å². The maximum absolute atomic E-state index is 11.4. The highest BCUT2D eigenvalue weighted by Crippen LogP contribution is 1.90. The fourth-order valence-corrected chi connectivity index (χ4v) is 0.298. The number of aliphatic imine (C=N–C) groups is 1. The molecule has 0 unspecified atom stereocenters. The van der Waals surface area contributed by atoms with E-state index in [-0.39, 0.29) is 0 Å². The van der Waals surface area contributed by atoms with Crippen molar-refractivity contribution < 1.29 is 8.78 Å². The molecule has 0 aliphatic heterocycles. The standard InChI is InChI=1S/C5H9F2N3/c1-4(10-8)2-9-3-5(6)7/h2,5H,3,8H2,1H3. The van der Waals surface area contributed by atoms with Gasteiger partial charge in [-0.05, 0) is 6.92 Å². The highest BCUT2D eigenvalue weighted by Gasteiger charge is 1.96. The van der Waals surface area contributed by atoms with Crippen LogP contribution in [-0.4, -0.2) is 24.9 Å². The lowest BCUT2D eigenvalue weighted by Crippen LogP contribution is -2.01. The van der Waals surface area contributed by atoms with Crippen LogP contribution in [0, 0.1) is 0 Å². The van der Waals surface area contributed by atoms with E-state index in [0.29, 0.717) is 5.71 Å². The minimum atomic E-state index is -2.40. The van der Waals surface area contributed by atoms with E-state index in [4.69, 9.17) is 5.84 Å². The number of hydrogen-bond acceptors (Lipinski definition) is 3. The first-order valence-electron chi connectivity index (χ1n) is 2.69. The van der Waals surface area contributed by atoms with Gasteiger partial charge in [0.25, 0.3) is 6.43 Å². The van der Waals surface area contributed by atoms with E-state index in [0.717, 1.165) is 0 Å². The minimum Gasteiger partial charge on any atom is -0.323 e. The fourth-order valence-electron chi connectivity index (χ4n) is 0.298. The van der Waals surface area contributed by atoms with Crippen molar-refractivity contribution in [2.45, 2.75) is 13.3 Å². The van der Waals surface area contributed by atoms with Crippen molar-refractivity contribution in [3.63, 3.8) is 0 Å². The molecule has 0 saturated heterocycles. The molecule has 0 aromatic carbocycles. The molecule has 0 aromatic heterocycles. The van der Waals surface area contributed by atoms with Crippen molar-refractivity contribution >= 4 is 11.9 Å². The topological polar surface area (TPSA) is 50.7 Å². The Kier molecular flexibility index (Phi) is 4.36. The predicted octanol–water partition coefficient (Wildman–Crippen LogP) is 0.657. The van der Waals surface area contributed by atoms with Crippen molar-refractivity contribution in [3.8, 4) is 0 Å². The zero-order valence-electron chi connectivity index (χ0n) is 5.59. The second kappa shape index (κ2) is 4.84. The van der Waals surface area contributed by atoms with Gasteiger partial charge >= 0.3 is 0 Å². The van der Waals surface area contributed by atoms with Gasteiger partial charge in [-0.1, -0.05) is 0 Å². The number of halogens is 2. The molecule has 0 aliphatic carbocycles. The average molecular weight is 149 g/mol. The molecule has 0 amide bonds. The van der Waals surface area contributed by atoms with Gasteiger partial charge in [-0.3, -0.25) is 4.99 Å². The number of alkyl halides is 2. The maximum atomic E-state index is 11.4. The first kappa shape index (κ1) is 9.00. The monoisotopic (exact) mass is 149 g/mol. The van der Waals surface area contributed by atoms with Crippen LogP contribution in [-0.2, 0) is 0 Å². The fraction of sp³-hybridized carbons (Fsp3) is 0.600. The molecule has 0 radical (unpaired) electrons. The smallest absolute Gasteiger partial charge is 0.257 e. The Morgan fingerprint density at radius 3 is 2.70 bits per heavy atom. The Labute approximate surface area is 57.6 Å². The van der Waals surface area contributed by atoms with Gasteiger partial charge < -0.3 is 5.84 Å². The molecule has 0 aromatic rings. The first-order chi connectivity index (χ1) is 4.66. The molecule has 0 fully saturated rings. The van der Waals surface area contributed by atoms with E-state index in [1.165, 1.54) is 6.21 Å². The van der Waals surface area contributed by atoms with Crippen molar-refractivity contribution in [1.82, 2.24) is 0 Å². The van der Waals surface area contributed by atoms with E-state index in [1.807, 2.05) is 0 Å². The summed E-state index contributed by atoms with van der Waals surface area (Å²) < 4.78 is 22.8. The average Bonchev–Trinajstić information content (AvgIpc) is 1.87. The largest absolute Gasteiger partial charge is 0.323 e. The molecule has 10 heavy (non-hydrogen) atoms. The van der Waals surface area contributed by atoms with Gasteiger partial charge in [0.15, 0.2) is 0 Å². The lowest BCUT2D eigenvalue weighted by atomic mass is 10.5. The van der Waals surface area contributed by atoms with Gasteiger partial charge in [0.1, 0.15) is 0 Å². The van der Waals surface area contributed by atoms with Gasteiger partial charge in [-0.15, -0.1) is 0 Å². The Morgan fingerprint density at radius 1 is 1.70 bits per heavy atom. The zero-order valence-corrected chi connectivity index (χ0v) is 5.59. The number of rotatable bonds is 3. The molecule has 0 heterocycles. The van der Waals surface area contributed by atoms with Gasteiger partial charge in [-0.2, -0.15) is 5.10 Å². The SMILES string of the molecule is CC(C=NCC(F)F)=NN. The normalized spacial score (nSPS) is 13.4. The summed E-state index contributed by atoms with van der Waals surface area (Å²) in [6, 6.07) is 0. The van der Waals surface area contributed by atoms with Crippen molar-refractivity contribution in [2.24, 2.45) is 15.9 Å². The van der Waals surface area contributed by atoms with Gasteiger partial charge in [-0.25, -0.2) is 8.78 Å². The van der Waals surface area contributed by atoms with E-state index in [9.17, 15) is 8.78 Å². The summed E-state index contributed by atoms with van der Waals surface area (Å²) in [6.45, 7) is 1.09. The summed E-state index contributed by atoms with van der Waals surface area (Å²) in [6.07, 6.45) is -1.19. The summed E-state index contributed by atoms with van der Waals surface area (Å²) in [5.41, 5.74) is 0.431. The van der Waals surface area contributed by atoms with Crippen LogP contribution < -0.4 is 5.84 Å². The zero-order chi connectivity index (χ0) is 7.98. The van der Waals surface area contributed by atoms with E-state index >= 15 is 0 Å². The van der Waals surface area contributed by atoms with Gasteiger partial charge in [0.05, 0.1) is 12.3 Å². The molecule has 0 bridgehead atoms. The molecule has 58 valence electrons. The third kappa shape index (κ3) is 5.14. The van der Waals surface area contributed by atoms with Crippen LogP contribution in [0.1, 0.15) is 6.92 Å². The molecular formula is C5H9F2N3. The molecule has 0 spiro atoms. The molecule has 2 N–H and O–H groups in total. The van der Waals surface area contributed by atoms with Gasteiger partial charge in [0, 0.05) is 6.21 Å². The Hall–Kier alpha value is -1.00. The number of hydrogen-bond donors (Lipinski definition) is 1. The second-order valence-corrected chi connectivity index (χ2v) is 1.66. The molecule has 0 aliphatic rings. The van der Waals surface area contributed by atoms with Crippen molar-refractivity contribution in [3.05, 3.63) is 0 Å². The molecule has 3 nitrogen and oxygen atoms in total. The molecule has 5 heteroatoms. The van der Waals surface area contributed by atoms with Crippen LogP contribution in [0.25, 0.3) is 0 Å². The summed E-state index contributed by atoms with van der Waals surface area (Å²) in [7, 11) is 0. The summed E-state index contributed by atoms with van der Waals surface area (Å²) in [4.78, 5) is 3.36. The third-order valence-electron chi connectivity index (χ3n) is 0.725. The molecule has 0 atom stereocenters. The number of nitrogens with two attached hydrogens (primary N) is 1. The highest BCUT2D eigenvalue weighted by molar-refractivity contribution is 6.29. The van der Waals surface area contributed by atoms with Crippen LogP contribution in [0.4, 0.5) is 8.78 Å². The number of hydrazone groups is 1. The maximum Gasteiger partial charge on any atom is 0.257 e. The van der Waals surface area contributed by atoms with Crippen molar-refractivity contribution in [1.29, 1.82) is 0 Å². The van der Waals surface area contributed by atoms with E-state index < -0.39 is 13.0 Å². The second-order valence-electron chi connectivity index (χ2n) is 1.66. The minimum absolute atomic E-state index is 0.431. The molecule has 0 saturated carbocycles. The van der Waals surface area contributed by atoms with Crippen molar-refractivity contribution in [2.75, 3.05) is 6.54 Å². The lowest BCUT2D eigenvalue weighted by Gasteiger charge is -1.89. The summed E-state index contributed by atoms with van der Waals surface area (Å²) in [5, 5.41) is 3.21. The Bertz CT molecular complexity index is 142. The van der Waals surface area contributed by atoms with Crippen LogP contribution in [0.2, 0.25) is 0 Å². The third-order valence-corrected chi connectivity index (χ3v) is 0.725. The highest BCUT2D eigenvalue weighted by atomic mass is 19.3. The molecule has 0 rings (SSSR count). The van der Waals surface area contributed by atoms with Crippen LogP contribution in [0.15, 0.2) is 10.1 Å². The molecular weight excluding hydrogens is 140 g/mol. The number of nitrogens with zero attached hydrogens (tertiary/aromatic N) is 2. The Balaban J connectivity index is 3.56. The Morgan fingerprint density at radius 2 is 2.30 bits per heavy atom. The van der Waals surface area contributed by atoms with E-state index in [2.05, 4.69) is 10.1 Å². The van der Waals surface area contributed by atoms with E-state index in [1.54, 1.807) is 6.92 Å². The first-order valence-corrected chi connectivity index (χ1v) is 2.69.